The van der Waals surface area contributed by atoms with Crippen LogP contribution in [0.5, 0.6) is 23.0 Å². The summed E-state index contributed by atoms with van der Waals surface area (Å²) < 4.78 is 30.3. The van der Waals surface area contributed by atoms with Gasteiger partial charge in [0.15, 0.2) is 11.5 Å². The largest absolute Gasteiger partial charge is 0.497 e. The van der Waals surface area contributed by atoms with E-state index in [1.54, 1.807) is 28.4 Å². The number of hydrogen-bond acceptors (Lipinski definition) is 9. The van der Waals surface area contributed by atoms with Crippen LogP contribution in [0.2, 0.25) is 0 Å². The first-order valence-corrected chi connectivity index (χ1v) is 18.1. The third kappa shape index (κ3) is 8.20. The van der Waals surface area contributed by atoms with Gasteiger partial charge >= 0.3 is 0 Å². The number of methoxy groups -OCH3 is 4. The predicted molar refractivity (Wildman–Crippen MR) is 199 cm³/mol. The Morgan fingerprint density at radius 1 is 0.902 bits per heavy atom. The summed E-state index contributed by atoms with van der Waals surface area (Å²) in [6, 6.07) is 20.6. The van der Waals surface area contributed by atoms with Gasteiger partial charge in [0, 0.05) is 43.9 Å². The molecule has 3 heterocycles. The average molecular weight is 700 g/mol. The molecule has 2 aliphatic rings. The number of hydrogen-bond donors (Lipinski definition) is 2. The number of likely N-dealkylation sites (tertiary alicyclic amines) is 1. The number of amides is 1. The van der Waals surface area contributed by atoms with Crippen molar-refractivity contribution in [3.8, 4) is 23.0 Å². The quantitative estimate of drug-likeness (QED) is 0.134. The maximum absolute atomic E-state index is 14.1. The Balaban J connectivity index is 1.13. The van der Waals surface area contributed by atoms with Crippen molar-refractivity contribution in [3.63, 3.8) is 0 Å². The van der Waals surface area contributed by atoms with Crippen LogP contribution in [0.15, 0.2) is 60.7 Å². The number of carbonyl (C=O) groups is 1. The molecule has 2 aliphatic heterocycles. The molecule has 6 rings (SSSR count). The van der Waals surface area contributed by atoms with Crippen LogP contribution < -0.4 is 29.6 Å². The second kappa shape index (κ2) is 16.7. The molecule has 51 heavy (non-hydrogen) atoms. The van der Waals surface area contributed by atoms with Gasteiger partial charge in [-0.1, -0.05) is 30.3 Å². The van der Waals surface area contributed by atoms with Crippen molar-refractivity contribution in [1.82, 2.24) is 19.8 Å². The van der Waals surface area contributed by atoms with Crippen LogP contribution in [0, 0.1) is 5.41 Å². The zero-order valence-corrected chi connectivity index (χ0v) is 30.7. The normalized spacial score (nSPS) is 19.6. The topological polar surface area (TPSA) is 108 Å². The number of carbonyl (C=O) groups excluding carboxylic acids is 1. The molecule has 1 amide bonds. The number of para-hydroxylation sites is 2. The van der Waals surface area contributed by atoms with Crippen LogP contribution in [0.4, 0.5) is 5.95 Å². The number of nitrogens with zero attached hydrogens (tertiary/aromatic N) is 3. The molecule has 0 saturated carbocycles. The lowest BCUT2D eigenvalue weighted by Gasteiger charge is -2.35. The van der Waals surface area contributed by atoms with Gasteiger partial charge in [-0.15, -0.1) is 0 Å². The van der Waals surface area contributed by atoms with E-state index in [2.05, 4.69) is 50.4 Å². The van der Waals surface area contributed by atoms with E-state index >= 15 is 0 Å². The van der Waals surface area contributed by atoms with Gasteiger partial charge < -0.3 is 43.8 Å². The maximum Gasteiger partial charge on any atom is 0.226 e. The number of nitrogens with one attached hydrogen (secondary N) is 2. The Bertz CT molecular complexity index is 1750. The summed E-state index contributed by atoms with van der Waals surface area (Å²) in [6.45, 7) is 6.91. The summed E-state index contributed by atoms with van der Waals surface area (Å²) in [5.41, 5.74) is 3.68. The summed E-state index contributed by atoms with van der Waals surface area (Å²) in [5, 5.41) is 7.13. The third-order valence-corrected chi connectivity index (χ3v) is 10.6. The summed E-state index contributed by atoms with van der Waals surface area (Å²) in [4.78, 5) is 21.5. The average Bonchev–Trinajstić information content (AvgIpc) is 3.66. The summed E-state index contributed by atoms with van der Waals surface area (Å²) in [5.74, 6) is 3.65. The van der Waals surface area contributed by atoms with Gasteiger partial charge in [0.2, 0.25) is 17.6 Å². The molecule has 0 bridgehead atoms. The Kier molecular flexibility index (Phi) is 11.9. The van der Waals surface area contributed by atoms with Crippen LogP contribution in [-0.4, -0.2) is 93.7 Å². The number of piperidine rings is 1. The zero-order valence-electron chi connectivity index (χ0n) is 30.7. The second-order valence-electron chi connectivity index (χ2n) is 13.7. The summed E-state index contributed by atoms with van der Waals surface area (Å²) in [6.07, 6.45) is 4.81. The molecule has 1 aromatic heterocycles. The van der Waals surface area contributed by atoms with Crippen molar-refractivity contribution < 1.29 is 28.5 Å². The summed E-state index contributed by atoms with van der Waals surface area (Å²) >= 11 is 0. The number of ether oxygens (including phenoxy) is 5. The fourth-order valence-electron chi connectivity index (χ4n) is 7.82. The number of rotatable bonds is 17. The molecule has 4 aromatic rings. The first kappa shape index (κ1) is 36.3. The van der Waals surface area contributed by atoms with Crippen LogP contribution in [0.1, 0.15) is 43.7 Å². The zero-order chi connectivity index (χ0) is 35.8. The van der Waals surface area contributed by atoms with Crippen LogP contribution in [0.3, 0.4) is 0 Å². The van der Waals surface area contributed by atoms with Gasteiger partial charge in [-0.3, -0.25) is 4.79 Å². The number of aromatic nitrogens is 2. The minimum absolute atomic E-state index is 0.0420. The number of anilines is 1. The molecule has 0 radical (unpaired) electrons. The standard InChI is InChI=1S/C40H53N5O6/c1-6-51-24-23-45-34-10-8-7-9-33(34)43-39(45)42-30-17-20-44(21-18-30)22-19-40(26-28-11-14-32(47-2)15-12-28)27-31(41-38(40)46)25-29-13-16-35(48-3)37(50-5)36(29)49-4/h7-16,30-31H,6,17-27H2,1-5H3,(H,41,46)(H,42,43). The smallest absolute Gasteiger partial charge is 0.226 e. The number of imidazole rings is 1. The molecule has 2 N–H and O–H groups in total. The third-order valence-electron chi connectivity index (χ3n) is 10.6. The van der Waals surface area contributed by atoms with Crippen molar-refractivity contribution in [2.45, 2.75) is 64.1 Å². The van der Waals surface area contributed by atoms with E-state index in [0.29, 0.717) is 49.3 Å². The van der Waals surface area contributed by atoms with Crippen molar-refractivity contribution in [2.24, 2.45) is 5.41 Å². The monoisotopic (exact) mass is 699 g/mol. The van der Waals surface area contributed by atoms with Crippen LogP contribution >= 0.6 is 0 Å². The Morgan fingerprint density at radius 3 is 2.37 bits per heavy atom. The SMILES string of the molecule is CCOCCn1c(NC2CCN(CCC3(Cc4ccc(OC)cc4)CC(Cc4ccc(OC)c(OC)c4OC)NC3=O)CC2)nc2ccccc21. The van der Waals surface area contributed by atoms with E-state index < -0.39 is 5.41 Å². The Hall–Kier alpha value is -4.48. The molecule has 2 unspecified atom stereocenters. The lowest BCUT2D eigenvalue weighted by Crippen LogP contribution is -2.43. The molecule has 0 aliphatic carbocycles. The van der Waals surface area contributed by atoms with Crippen LogP contribution in [0.25, 0.3) is 11.0 Å². The minimum atomic E-state index is -0.538. The molecule has 3 aromatic carbocycles. The molecular weight excluding hydrogens is 646 g/mol. The van der Waals surface area contributed by atoms with Crippen molar-refractivity contribution in [3.05, 3.63) is 71.8 Å². The van der Waals surface area contributed by atoms with E-state index in [9.17, 15) is 4.79 Å². The first-order chi connectivity index (χ1) is 24.9. The highest BCUT2D eigenvalue weighted by atomic mass is 16.5. The molecule has 2 saturated heterocycles. The van der Waals surface area contributed by atoms with Gasteiger partial charge in [0.05, 0.1) is 51.5 Å². The molecular formula is C40H53N5O6. The van der Waals surface area contributed by atoms with Crippen molar-refractivity contribution >= 4 is 22.9 Å². The molecule has 2 atom stereocenters. The van der Waals surface area contributed by atoms with Crippen molar-refractivity contribution in [2.75, 3.05) is 66.6 Å². The lowest BCUT2D eigenvalue weighted by molar-refractivity contribution is -0.128. The Morgan fingerprint density at radius 2 is 1.67 bits per heavy atom. The molecule has 0 spiro atoms. The highest BCUT2D eigenvalue weighted by Gasteiger charge is 2.47. The fraction of sp³-hybridized carbons (Fsp3) is 0.500. The molecule has 274 valence electrons. The van der Waals surface area contributed by atoms with Gasteiger partial charge in [-0.25, -0.2) is 4.98 Å². The van der Waals surface area contributed by atoms with Gasteiger partial charge in [-0.05, 0) is 87.9 Å². The molecule has 11 nitrogen and oxygen atoms in total. The number of benzene rings is 3. The highest BCUT2D eigenvalue weighted by molar-refractivity contribution is 5.86. The van der Waals surface area contributed by atoms with E-state index in [0.717, 1.165) is 85.7 Å². The second-order valence-corrected chi connectivity index (χ2v) is 13.7. The van der Waals surface area contributed by atoms with E-state index in [4.69, 9.17) is 28.7 Å². The predicted octanol–water partition coefficient (Wildman–Crippen LogP) is 5.73. The van der Waals surface area contributed by atoms with E-state index in [1.165, 1.54) is 0 Å². The number of fused-ring (bicyclic) bond motifs is 1. The van der Waals surface area contributed by atoms with E-state index in [1.807, 2.05) is 37.3 Å². The van der Waals surface area contributed by atoms with Crippen LogP contribution in [-0.2, 0) is 28.9 Å². The van der Waals surface area contributed by atoms with E-state index in [-0.39, 0.29) is 11.9 Å². The van der Waals surface area contributed by atoms with Gasteiger partial charge in [0.1, 0.15) is 5.75 Å². The van der Waals surface area contributed by atoms with Gasteiger partial charge in [-0.2, -0.15) is 0 Å². The summed E-state index contributed by atoms with van der Waals surface area (Å²) in [7, 11) is 6.54. The lowest BCUT2D eigenvalue weighted by atomic mass is 9.75. The first-order valence-electron chi connectivity index (χ1n) is 18.1. The Labute approximate surface area is 301 Å². The fourth-order valence-corrected chi connectivity index (χ4v) is 7.82. The minimum Gasteiger partial charge on any atom is -0.497 e. The molecule has 2 fully saturated rings. The van der Waals surface area contributed by atoms with Crippen molar-refractivity contribution in [1.29, 1.82) is 0 Å². The van der Waals surface area contributed by atoms with Gasteiger partial charge in [0.25, 0.3) is 0 Å². The highest BCUT2D eigenvalue weighted by Crippen LogP contribution is 2.43. The molecule has 11 heteroatoms. The maximum atomic E-state index is 14.1.